The van der Waals surface area contributed by atoms with Crippen molar-refractivity contribution >= 4 is 12.0 Å². The number of hydrogen-bond donors (Lipinski definition) is 0. The van der Waals surface area contributed by atoms with E-state index in [0.29, 0.717) is 11.3 Å². The number of ether oxygens (including phenoxy) is 2. The summed E-state index contributed by atoms with van der Waals surface area (Å²) in [5.74, 6) is 0.779. The fourth-order valence-corrected chi connectivity index (χ4v) is 2.48. The van der Waals surface area contributed by atoms with Crippen molar-refractivity contribution in [3.63, 3.8) is 0 Å². The van der Waals surface area contributed by atoms with Crippen molar-refractivity contribution in [1.29, 1.82) is 5.26 Å². The first-order valence-electron chi connectivity index (χ1n) is 9.34. The molecule has 0 unspecified atom stereocenters. The Labute approximate surface area is 161 Å². The molecule has 2 aromatic carbocycles. The Morgan fingerprint density at radius 2 is 1.63 bits per heavy atom. The molecule has 2 rings (SSSR count). The highest BCUT2D eigenvalue weighted by atomic mass is 16.5. The molecule has 0 aromatic heterocycles. The van der Waals surface area contributed by atoms with E-state index in [0.717, 1.165) is 24.3 Å². The molecule has 0 heterocycles. The third kappa shape index (κ3) is 7.79. The van der Waals surface area contributed by atoms with Gasteiger partial charge in [0.25, 0.3) is 0 Å². The van der Waals surface area contributed by atoms with Crippen LogP contribution in [0.1, 0.15) is 50.2 Å². The fraction of sp³-hybridized carbons (Fsp3) is 0.304. The molecule has 0 saturated heterocycles. The van der Waals surface area contributed by atoms with Gasteiger partial charge in [0.15, 0.2) is 0 Å². The van der Waals surface area contributed by atoms with Crippen LogP contribution in [-0.2, 0) is 4.79 Å². The Morgan fingerprint density at radius 1 is 0.963 bits per heavy atom. The van der Waals surface area contributed by atoms with Crippen molar-refractivity contribution in [3.05, 3.63) is 65.7 Å². The number of carbonyl (C=O) groups is 1. The molecule has 27 heavy (non-hydrogen) atoms. The van der Waals surface area contributed by atoms with Crippen LogP contribution in [0.3, 0.4) is 0 Å². The number of unbranched alkanes of at least 4 members (excludes halogenated alkanes) is 4. The Balaban J connectivity index is 1.75. The Hall–Kier alpha value is -3.06. The first kappa shape index (κ1) is 20.3. The van der Waals surface area contributed by atoms with Gasteiger partial charge in [0.1, 0.15) is 11.5 Å². The maximum Gasteiger partial charge on any atom is 0.336 e. The van der Waals surface area contributed by atoms with Gasteiger partial charge >= 0.3 is 5.97 Å². The van der Waals surface area contributed by atoms with Crippen LogP contribution in [0.4, 0.5) is 0 Å². The summed E-state index contributed by atoms with van der Waals surface area (Å²) in [7, 11) is 0. The zero-order valence-corrected chi connectivity index (χ0v) is 15.7. The second kappa shape index (κ2) is 11.5. The van der Waals surface area contributed by atoms with Gasteiger partial charge in [0.05, 0.1) is 18.2 Å². The van der Waals surface area contributed by atoms with E-state index in [1.807, 2.05) is 30.3 Å². The lowest BCUT2D eigenvalue weighted by Crippen LogP contribution is -2.03. The molecule has 0 amide bonds. The summed E-state index contributed by atoms with van der Waals surface area (Å²) in [6.07, 6.45) is 9.15. The molecule has 0 saturated carbocycles. The van der Waals surface area contributed by atoms with E-state index in [1.165, 1.54) is 31.8 Å². The second-order valence-electron chi connectivity index (χ2n) is 6.22. The molecule has 0 spiro atoms. The molecule has 4 nitrogen and oxygen atoms in total. The van der Waals surface area contributed by atoms with Gasteiger partial charge < -0.3 is 9.47 Å². The summed E-state index contributed by atoms with van der Waals surface area (Å²) in [5, 5.41) is 8.75. The Bertz CT molecular complexity index is 771. The van der Waals surface area contributed by atoms with Gasteiger partial charge in [0, 0.05) is 6.08 Å². The average Bonchev–Trinajstić information content (AvgIpc) is 2.70. The number of hydrogen-bond acceptors (Lipinski definition) is 4. The van der Waals surface area contributed by atoms with Crippen molar-refractivity contribution in [2.24, 2.45) is 0 Å². The predicted octanol–water partition coefficient (Wildman–Crippen LogP) is 5.53. The highest BCUT2D eigenvalue weighted by molar-refractivity contribution is 5.88. The molecule has 0 aliphatic carbocycles. The zero-order chi connectivity index (χ0) is 19.3. The molecule has 0 N–H and O–H groups in total. The quantitative estimate of drug-likeness (QED) is 0.241. The van der Waals surface area contributed by atoms with Gasteiger partial charge in [-0.25, -0.2) is 4.79 Å². The molecule has 2 aromatic rings. The lowest BCUT2D eigenvalue weighted by molar-refractivity contribution is -0.128. The summed E-state index contributed by atoms with van der Waals surface area (Å²) in [6.45, 7) is 2.94. The van der Waals surface area contributed by atoms with Crippen molar-refractivity contribution in [2.75, 3.05) is 6.61 Å². The Morgan fingerprint density at radius 3 is 2.30 bits per heavy atom. The number of nitriles is 1. The topological polar surface area (TPSA) is 59.3 Å². The predicted molar refractivity (Wildman–Crippen MR) is 107 cm³/mol. The van der Waals surface area contributed by atoms with Crippen molar-refractivity contribution in [2.45, 2.75) is 39.0 Å². The third-order valence-corrected chi connectivity index (χ3v) is 4.01. The fourth-order valence-electron chi connectivity index (χ4n) is 2.48. The summed E-state index contributed by atoms with van der Waals surface area (Å²) in [5.41, 5.74) is 1.41. The number of nitrogens with zero attached hydrogens (tertiary/aromatic N) is 1. The van der Waals surface area contributed by atoms with Gasteiger partial charge in [-0.2, -0.15) is 5.26 Å². The van der Waals surface area contributed by atoms with Crippen LogP contribution in [0.5, 0.6) is 11.5 Å². The number of benzene rings is 2. The van der Waals surface area contributed by atoms with E-state index >= 15 is 0 Å². The van der Waals surface area contributed by atoms with Gasteiger partial charge in [-0.05, 0) is 54.5 Å². The molecule has 0 aliphatic heterocycles. The summed E-state index contributed by atoms with van der Waals surface area (Å²) < 4.78 is 10.9. The van der Waals surface area contributed by atoms with Crippen LogP contribution in [0.2, 0.25) is 0 Å². The molecule has 140 valence electrons. The third-order valence-electron chi connectivity index (χ3n) is 4.01. The van der Waals surface area contributed by atoms with Crippen LogP contribution >= 0.6 is 0 Å². The maximum atomic E-state index is 11.9. The van der Waals surface area contributed by atoms with Gasteiger partial charge in [-0.1, -0.05) is 44.7 Å². The molecule has 0 radical (unpaired) electrons. The number of rotatable bonds is 10. The molecule has 4 heteroatoms. The van der Waals surface area contributed by atoms with E-state index in [4.69, 9.17) is 14.7 Å². The van der Waals surface area contributed by atoms with Crippen LogP contribution in [-0.4, -0.2) is 12.6 Å². The van der Waals surface area contributed by atoms with Crippen LogP contribution in [0.15, 0.2) is 54.6 Å². The second-order valence-corrected chi connectivity index (χ2v) is 6.22. The summed E-state index contributed by atoms with van der Waals surface area (Å²) >= 11 is 0. The lowest BCUT2D eigenvalue weighted by Gasteiger charge is -2.06. The normalized spacial score (nSPS) is 10.5. The molecular formula is C23H25NO3. The van der Waals surface area contributed by atoms with E-state index in [2.05, 4.69) is 6.92 Å². The Kier molecular flexibility index (Phi) is 8.65. The number of carbonyl (C=O) groups excluding carboxylic acids is 1. The van der Waals surface area contributed by atoms with E-state index in [-0.39, 0.29) is 0 Å². The summed E-state index contributed by atoms with van der Waals surface area (Å²) in [4.78, 5) is 11.9. The van der Waals surface area contributed by atoms with Gasteiger partial charge in [-0.3, -0.25) is 0 Å². The highest BCUT2D eigenvalue weighted by Gasteiger charge is 2.01. The average molecular weight is 363 g/mol. The molecule has 0 bridgehead atoms. The molecule has 0 fully saturated rings. The molecule has 0 atom stereocenters. The SMILES string of the molecule is CCCCCCCOc1ccc(C=CC(=O)Oc2ccc(C#N)cc2)cc1. The largest absolute Gasteiger partial charge is 0.494 e. The standard InChI is InChI=1S/C23H25NO3/c1-2-3-4-5-6-17-26-21-12-7-19(8-13-21)11-16-23(25)27-22-14-9-20(18-24)10-15-22/h7-16H,2-6,17H2,1H3. The first-order chi connectivity index (χ1) is 13.2. The van der Waals surface area contributed by atoms with Gasteiger partial charge in [0.2, 0.25) is 0 Å². The van der Waals surface area contributed by atoms with E-state index < -0.39 is 5.97 Å². The van der Waals surface area contributed by atoms with Gasteiger partial charge in [-0.15, -0.1) is 0 Å². The van der Waals surface area contributed by atoms with E-state index in [9.17, 15) is 4.79 Å². The van der Waals surface area contributed by atoms with Crippen molar-refractivity contribution in [1.82, 2.24) is 0 Å². The van der Waals surface area contributed by atoms with Crippen LogP contribution < -0.4 is 9.47 Å². The zero-order valence-electron chi connectivity index (χ0n) is 15.7. The smallest absolute Gasteiger partial charge is 0.336 e. The summed E-state index contributed by atoms with van der Waals surface area (Å²) in [6, 6.07) is 16.0. The van der Waals surface area contributed by atoms with E-state index in [1.54, 1.807) is 30.3 Å². The minimum atomic E-state index is -0.466. The molecule has 0 aliphatic rings. The van der Waals surface area contributed by atoms with Crippen molar-refractivity contribution in [3.8, 4) is 17.6 Å². The molecular weight excluding hydrogens is 338 g/mol. The monoisotopic (exact) mass is 363 g/mol. The van der Waals surface area contributed by atoms with Crippen molar-refractivity contribution < 1.29 is 14.3 Å². The minimum Gasteiger partial charge on any atom is -0.494 e. The van der Waals surface area contributed by atoms with Crippen LogP contribution in [0, 0.1) is 11.3 Å². The maximum absolute atomic E-state index is 11.9. The van der Waals surface area contributed by atoms with Crippen LogP contribution in [0.25, 0.3) is 6.08 Å². The minimum absolute atomic E-state index is 0.409. The lowest BCUT2D eigenvalue weighted by atomic mass is 10.2. The highest BCUT2D eigenvalue weighted by Crippen LogP contribution is 2.15. The number of esters is 1. The first-order valence-corrected chi connectivity index (χ1v) is 9.34.